The molecule has 6 aromatic heterocycles. The number of benzene rings is 8. The van der Waals surface area contributed by atoms with Crippen LogP contribution in [0.5, 0.6) is 0 Å². The van der Waals surface area contributed by atoms with Gasteiger partial charge < -0.3 is 40.5 Å². The van der Waals surface area contributed by atoms with Gasteiger partial charge in [0.05, 0.1) is 23.3 Å². The molecule has 0 amide bonds. The summed E-state index contributed by atoms with van der Waals surface area (Å²) in [6.07, 6.45) is 0. The molecule has 0 unspecified atom stereocenters. The Balaban J connectivity index is 0.000000132. The van der Waals surface area contributed by atoms with Crippen molar-refractivity contribution in [2.24, 2.45) is 39.9 Å². The molecule has 0 atom stereocenters. The van der Waals surface area contributed by atoms with Crippen molar-refractivity contribution in [3.63, 3.8) is 0 Å². The van der Waals surface area contributed by atoms with Gasteiger partial charge in [0.1, 0.15) is 22.0 Å². The van der Waals surface area contributed by atoms with Crippen molar-refractivity contribution in [3.05, 3.63) is 249 Å². The van der Waals surface area contributed by atoms with Crippen LogP contribution in [0.2, 0.25) is 0 Å². The van der Waals surface area contributed by atoms with Crippen LogP contribution in [0, 0.1) is 36.9 Å². The number of aromatic amines is 6. The van der Waals surface area contributed by atoms with E-state index in [0.29, 0.717) is 68.6 Å². The zero-order chi connectivity index (χ0) is 52.4. The first-order valence-corrected chi connectivity index (χ1v) is 26.1. The van der Waals surface area contributed by atoms with Crippen LogP contribution in [-0.4, -0.2) is 53.2 Å². The fraction of sp³-hybridized carbons (Fsp3) is 0. The Morgan fingerprint density at radius 1 is 0.210 bits per heavy atom. The van der Waals surface area contributed by atoms with Crippen LogP contribution < -0.4 is 22.0 Å². The van der Waals surface area contributed by atoms with Gasteiger partial charge in [0, 0.05) is 125 Å². The van der Waals surface area contributed by atoms with Crippen LogP contribution in [0.3, 0.4) is 0 Å². The zero-order valence-electron chi connectivity index (χ0n) is 42.2. The normalized spacial score (nSPS) is 13.7. The predicted octanol–water partition coefficient (Wildman–Crippen LogP) is 13.8. The molecule has 17 heteroatoms. The summed E-state index contributed by atoms with van der Waals surface area (Å²) in [5.41, 5.74) is 6.56. The maximum absolute atomic E-state index is 5.07. The maximum atomic E-state index is 5.07. The summed E-state index contributed by atoms with van der Waals surface area (Å²) in [6, 6.07) is 64.9. The van der Waals surface area contributed by atoms with E-state index in [1.165, 1.54) is 0 Å². The summed E-state index contributed by atoms with van der Waals surface area (Å²) in [7, 11) is 0. The molecular formula is C64H38LuN16-2. The number of nitrogens with zero attached hydrogens (tertiary/aromatic N) is 10. The van der Waals surface area contributed by atoms with Crippen molar-refractivity contribution in [2.75, 3.05) is 0 Å². The maximum Gasteiger partial charge on any atom is 0.164 e. The number of amidine groups is 4. The summed E-state index contributed by atoms with van der Waals surface area (Å²) in [5, 5.41) is 21.8. The molecule has 14 aromatic rings. The average molecular weight is 1210 g/mol. The fourth-order valence-corrected chi connectivity index (χ4v) is 11.3. The van der Waals surface area contributed by atoms with E-state index in [9.17, 15) is 0 Å². The third-order valence-electron chi connectivity index (χ3n) is 15.1. The van der Waals surface area contributed by atoms with E-state index >= 15 is 0 Å². The standard InChI is InChI=1S/2C32H19N8.Lu/c2*1-2-10-18-17(9-1)25-33-26(18)38-28-21-13-5-6-14-22(21)30(35-28)40-32-24-16-8-7-15-23(24)31(36-32)39-29-20-12-4-3-11-19(20)27(34-29)37-25;/h2*1-16,33-34H,(H,35,36,38,39,40);/q2*-1;. The molecule has 16 nitrogen and oxygen atoms in total. The zero-order valence-corrected chi connectivity index (χ0v) is 43.9. The molecule has 391 valence electrons. The van der Waals surface area contributed by atoms with Crippen molar-refractivity contribution in [2.45, 2.75) is 0 Å². The van der Waals surface area contributed by atoms with E-state index in [4.69, 9.17) is 50.6 Å². The summed E-state index contributed by atoms with van der Waals surface area (Å²) in [6.45, 7) is 0. The third kappa shape index (κ3) is 7.55. The fourth-order valence-electron chi connectivity index (χ4n) is 11.3. The minimum atomic E-state index is 0. The Bertz CT molecular complexity index is 5070. The SMILES string of the molecule is [Lu].c1ccc2c(c1)C1=NC2=Nc2[nH]c(c3ccccc23)[N-]c2[nH]c(c3ccccc23)N=c2[nH]c(c3ccccc23)=N1.c1ccc2c(c1)C1=NC2=Nc2[nH]c(c3ccccc23)[N-]c2[nH]c(c3ccccc23)N=c2[nH]c(c3ccccc23)=N1. The van der Waals surface area contributed by atoms with Gasteiger partial charge in [0.25, 0.3) is 0 Å². The van der Waals surface area contributed by atoms with Crippen molar-refractivity contribution in [3.8, 4) is 0 Å². The Hall–Kier alpha value is -10.3. The van der Waals surface area contributed by atoms with Gasteiger partial charge in [0.15, 0.2) is 23.3 Å². The van der Waals surface area contributed by atoms with Gasteiger partial charge in [0.2, 0.25) is 0 Å². The second-order valence-electron chi connectivity index (χ2n) is 19.7. The minimum Gasteiger partial charge on any atom is -0.398 e. The largest absolute Gasteiger partial charge is 0.398 e. The molecule has 10 heterocycles. The average Bonchev–Trinajstić information content (AvgIpc) is 4.61. The van der Waals surface area contributed by atoms with Crippen molar-refractivity contribution < 1.29 is 36.9 Å². The van der Waals surface area contributed by atoms with E-state index in [1.807, 2.05) is 146 Å². The Labute approximate surface area is 486 Å². The number of H-pyrrole nitrogens is 6. The van der Waals surface area contributed by atoms with Gasteiger partial charge in [-0.15, -0.1) is 0 Å². The van der Waals surface area contributed by atoms with Gasteiger partial charge in [-0.2, -0.15) is 0 Å². The number of hydrogen-bond acceptors (Lipinski definition) is 8. The van der Waals surface area contributed by atoms with E-state index in [-0.39, 0.29) is 36.9 Å². The molecular weight excluding hydrogens is 1170 g/mol. The first kappa shape index (κ1) is 46.8. The van der Waals surface area contributed by atoms with Gasteiger partial charge in [-0.05, 0) is 21.5 Å². The molecule has 4 aliphatic rings. The molecule has 0 fully saturated rings. The van der Waals surface area contributed by atoms with Gasteiger partial charge in [-0.25, -0.2) is 39.9 Å². The Morgan fingerprint density at radius 2 is 0.432 bits per heavy atom. The molecule has 0 saturated carbocycles. The van der Waals surface area contributed by atoms with Crippen molar-refractivity contribution in [1.29, 1.82) is 0 Å². The molecule has 1 radical (unpaired) electrons. The molecule has 0 saturated heterocycles. The van der Waals surface area contributed by atoms with E-state index in [1.54, 1.807) is 0 Å². The van der Waals surface area contributed by atoms with Crippen LogP contribution in [0.15, 0.2) is 234 Å². The number of nitrogens with one attached hydrogen (secondary N) is 6. The van der Waals surface area contributed by atoms with Gasteiger partial charge in [-0.3, -0.25) is 0 Å². The number of aromatic nitrogens is 6. The summed E-state index contributed by atoms with van der Waals surface area (Å²) < 4.78 is 0. The molecule has 4 aliphatic heterocycles. The number of fused-ring (bicyclic) bond motifs is 38. The second-order valence-corrected chi connectivity index (χ2v) is 19.7. The number of hydrogen-bond donors (Lipinski definition) is 6. The summed E-state index contributed by atoms with van der Waals surface area (Å²) >= 11 is 0. The van der Waals surface area contributed by atoms with E-state index in [0.717, 1.165) is 110 Å². The van der Waals surface area contributed by atoms with Crippen LogP contribution in [0.1, 0.15) is 22.3 Å². The number of rotatable bonds is 0. The summed E-state index contributed by atoms with van der Waals surface area (Å²) in [5.74, 6) is 8.14. The van der Waals surface area contributed by atoms with Crippen LogP contribution in [0.25, 0.3) is 75.3 Å². The Morgan fingerprint density at radius 3 is 0.728 bits per heavy atom. The Kier molecular flexibility index (Phi) is 10.6. The monoisotopic (exact) mass is 1210 g/mol. The van der Waals surface area contributed by atoms with Crippen LogP contribution in [-0.2, 0) is 0 Å². The van der Waals surface area contributed by atoms with Crippen molar-refractivity contribution in [1.82, 2.24) is 29.9 Å². The number of aliphatic imine (C=N–C) groups is 4. The first-order valence-electron chi connectivity index (χ1n) is 26.1. The summed E-state index contributed by atoms with van der Waals surface area (Å²) in [4.78, 5) is 60.9. The molecule has 6 N–H and O–H groups in total. The molecule has 18 rings (SSSR count). The van der Waals surface area contributed by atoms with E-state index < -0.39 is 0 Å². The topological polar surface area (TPSA) is 222 Å². The molecule has 8 aromatic carbocycles. The van der Waals surface area contributed by atoms with Gasteiger partial charge >= 0.3 is 0 Å². The van der Waals surface area contributed by atoms with Crippen LogP contribution in [0.4, 0.5) is 46.5 Å². The van der Waals surface area contributed by atoms with Crippen LogP contribution >= 0.6 is 0 Å². The predicted molar refractivity (Wildman–Crippen MR) is 317 cm³/mol. The van der Waals surface area contributed by atoms with E-state index in [2.05, 4.69) is 78.4 Å². The quantitative estimate of drug-likeness (QED) is 0.0834. The van der Waals surface area contributed by atoms with Gasteiger partial charge in [-0.1, -0.05) is 194 Å². The molecule has 0 aliphatic carbocycles. The first-order chi connectivity index (χ1) is 39.6. The third-order valence-corrected chi connectivity index (χ3v) is 15.1. The molecule has 16 bridgehead atoms. The minimum absolute atomic E-state index is 0. The van der Waals surface area contributed by atoms with Crippen molar-refractivity contribution >= 4 is 135 Å². The molecule has 81 heavy (non-hydrogen) atoms. The second kappa shape index (κ2) is 18.4. The smallest absolute Gasteiger partial charge is 0.164 e. The molecule has 0 spiro atoms.